The number of rotatable bonds is 2. The molecule has 0 atom stereocenters. The second-order valence-corrected chi connectivity index (χ2v) is 4.79. The van der Waals surface area contributed by atoms with Crippen LogP contribution >= 0.6 is 11.6 Å². The van der Waals surface area contributed by atoms with Crippen LogP contribution in [0, 0.1) is 6.92 Å². The summed E-state index contributed by atoms with van der Waals surface area (Å²) in [6, 6.07) is 13.2. The molecule has 0 bridgehead atoms. The summed E-state index contributed by atoms with van der Waals surface area (Å²) < 4.78 is 0. The summed E-state index contributed by atoms with van der Waals surface area (Å²) in [5.74, 6) is -0.380. The average molecular weight is 304 g/mol. The molecule has 0 heterocycles. The van der Waals surface area contributed by atoms with Crippen molar-refractivity contribution in [3.8, 4) is 0 Å². The molecule has 2 rings (SSSR count). The Bertz CT molecular complexity index is 673. The van der Waals surface area contributed by atoms with Crippen LogP contribution in [0.1, 0.15) is 15.9 Å². The van der Waals surface area contributed by atoms with Crippen LogP contribution in [0.3, 0.4) is 0 Å². The van der Waals surface area contributed by atoms with Crippen molar-refractivity contribution < 1.29 is 9.59 Å². The predicted molar refractivity (Wildman–Crippen MR) is 82.3 cm³/mol. The third kappa shape index (κ3) is 4.22. The van der Waals surface area contributed by atoms with Gasteiger partial charge in [0.2, 0.25) is 0 Å². The number of carbonyl (C=O) groups excluding carboxylic acids is 2. The van der Waals surface area contributed by atoms with Gasteiger partial charge in [0.05, 0.1) is 0 Å². The number of halogens is 1. The van der Waals surface area contributed by atoms with Crippen molar-refractivity contribution in [2.24, 2.45) is 0 Å². The number of hydrogen-bond donors (Lipinski definition) is 3. The van der Waals surface area contributed by atoms with Gasteiger partial charge in [0.15, 0.2) is 0 Å². The van der Waals surface area contributed by atoms with Crippen LogP contribution in [0.2, 0.25) is 5.02 Å². The SMILES string of the molecule is Cc1ccccc1C(=O)NNC(=O)Nc1cccc(Cl)c1. The van der Waals surface area contributed by atoms with Gasteiger partial charge in [-0.25, -0.2) is 10.2 Å². The standard InChI is InChI=1S/C15H14ClN3O2/c1-10-5-2-3-8-13(10)14(20)18-19-15(21)17-12-7-4-6-11(16)9-12/h2-9H,1H3,(H,18,20)(H2,17,19,21). The minimum Gasteiger partial charge on any atom is -0.307 e. The van der Waals surface area contributed by atoms with Gasteiger partial charge in [0.25, 0.3) is 5.91 Å². The average Bonchev–Trinajstić information content (AvgIpc) is 2.45. The van der Waals surface area contributed by atoms with Gasteiger partial charge in [0.1, 0.15) is 0 Å². The highest BCUT2D eigenvalue weighted by atomic mass is 35.5. The van der Waals surface area contributed by atoms with Crippen molar-refractivity contribution >= 4 is 29.2 Å². The Kier molecular flexibility index (Phi) is 4.79. The van der Waals surface area contributed by atoms with Crippen LogP contribution in [0.15, 0.2) is 48.5 Å². The minimum atomic E-state index is -0.556. The first-order valence-electron chi connectivity index (χ1n) is 6.25. The summed E-state index contributed by atoms with van der Waals surface area (Å²) >= 11 is 5.81. The lowest BCUT2D eigenvalue weighted by Gasteiger charge is -2.10. The Hall–Kier alpha value is -2.53. The van der Waals surface area contributed by atoms with E-state index >= 15 is 0 Å². The zero-order valence-electron chi connectivity index (χ0n) is 11.3. The number of amides is 3. The molecule has 0 aliphatic heterocycles. The van der Waals surface area contributed by atoms with Gasteiger partial charge in [-0.3, -0.25) is 10.2 Å². The van der Waals surface area contributed by atoms with E-state index in [1.165, 1.54) is 0 Å². The number of carbonyl (C=O) groups is 2. The number of hydrazine groups is 1. The highest BCUT2D eigenvalue weighted by Crippen LogP contribution is 2.14. The smallest absolute Gasteiger partial charge is 0.307 e. The molecule has 3 N–H and O–H groups in total. The zero-order valence-corrected chi connectivity index (χ0v) is 12.1. The first-order chi connectivity index (χ1) is 10.1. The lowest BCUT2D eigenvalue weighted by Crippen LogP contribution is -2.44. The van der Waals surface area contributed by atoms with Crippen LogP contribution in [0.4, 0.5) is 10.5 Å². The highest BCUT2D eigenvalue weighted by molar-refractivity contribution is 6.30. The van der Waals surface area contributed by atoms with Crippen molar-refractivity contribution in [1.29, 1.82) is 0 Å². The predicted octanol–water partition coefficient (Wildman–Crippen LogP) is 3.11. The third-order valence-corrected chi connectivity index (χ3v) is 3.00. The van der Waals surface area contributed by atoms with Crippen LogP contribution in [0.25, 0.3) is 0 Å². The molecule has 0 unspecified atom stereocenters. The maximum atomic E-state index is 11.9. The van der Waals surface area contributed by atoms with Crippen molar-refractivity contribution in [1.82, 2.24) is 10.9 Å². The van der Waals surface area contributed by atoms with Gasteiger partial charge in [-0.1, -0.05) is 35.9 Å². The molecule has 0 spiro atoms. The monoisotopic (exact) mass is 303 g/mol. The minimum absolute atomic E-state index is 0.380. The molecule has 108 valence electrons. The molecule has 0 aromatic heterocycles. The normalized spacial score (nSPS) is 9.81. The van der Waals surface area contributed by atoms with Crippen LogP contribution in [-0.2, 0) is 0 Å². The largest absolute Gasteiger partial charge is 0.337 e. The van der Waals surface area contributed by atoms with E-state index in [1.54, 1.807) is 36.4 Å². The van der Waals surface area contributed by atoms with E-state index in [-0.39, 0.29) is 5.91 Å². The fraction of sp³-hybridized carbons (Fsp3) is 0.0667. The quantitative estimate of drug-likeness (QED) is 0.746. The maximum absolute atomic E-state index is 11.9. The Labute approximate surface area is 127 Å². The number of nitrogens with one attached hydrogen (secondary N) is 3. The van der Waals surface area contributed by atoms with Gasteiger partial charge < -0.3 is 5.32 Å². The van der Waals surface area contributed by atoms with E-state index in [0.717, 1.165) is 5.56 Å². The topological polar surface area (TPSA) is 70.2 Å². The molecular formula is C15H14ClN3O2. The molecular weight excluding hydrogens is 290 g/mol. The van der Waals surface area contributed by atoms with Gasteiger partial charge in [-0.05, 0) is 36.8 Å². The molecule has 3 amide bonds. The summed E-state index contributed by atoms with van der Waals surface area (Å²) in [6.07, 6.45) is 0. The van der Waals surface area contributed by atoms with Gasteiger partial charge in [-0.15, -0.1) is 0 Å². The molecule has 0 saturated heterocycles. The van der Waals surface area contributed by atoms with Crippen molar-refractivity contribution in [2.75, 3.05) is 5.32 Å². The fourth-order valence-electron chi connectivity index (χ4n) is 1.74. The maximum Gasteiger partial charge on any atom is 0.337 e. The molecule has 6 heteroatoms. The lowest BCUT2D eigenvalue weighted by molar-refractivity contribution is 0.0937. The number of urea groups is 1. The summed E-state index contributed by atoms with van der Waals surface area (Å²) in [6.45, 7) is 1.82. The zero-order chi connectivity index (χ0) is 15.2. The van der Waals surface area contributed by atoms with Crippen LogP contribution in [-0.4, -0.2) is 11.9 Å². The summed E-state index contributed by atoms with van der Waals surface area (Å²) in [5.41, 5.74) is 6.48. The van der Waals surface area contributed by atoms with Crippen molar-refractivity contribution in [2.45, 2.75) is 6.92 Å². The number of anilines is 1. The first kappa shape index (κ1) is 14.9. The Morgan fingerprint density at radius 1 is 1.00 bits per heavy atom. The second-order valence-electron chi connectivity index (χ2n) is 4.36. The molecule has 0 radical (unpaired) electrons. The van der Waals surface area contributed by atoms with Crippen LogP contribution < -0.4 is 16.2 Å². The third-order valence-electron chi connectivity index (χ3n) is 2.76. The number of hydrogen-bond acceptors (Lipinski definition) is 2. The van der Waals surface area contributed by atoms with Gasteiger partial charge in [-0.2, -0.15) is 0 Å². The van der Waals surface area contributed by atoms with E-state index < -0.39 is 6.03 Å². The van der Waals surface area contributed by atoms with E-state index in [4.69, 9.17) is 11.6 Å². The van der Waals surface area contributed by atoms with Crippen molar-refractivity contribution in [3.05, 3.63) is 64.7 Å². The van der Waals surface area contributed by atoms with E-state index in [0.29, 0.717) is 16.3 Å². The number of aryl methyl sites for hydroxylation is 1. The fourth-order valence-corrected chi connectivity index (χ4v) is 1.93. The van der Waals surface area contributed by atoms with Crippen molar-refractivity contribution in [3.63, 3.8) is 0 Å². The van der Waals surface area contributed by atoms with Gasteiger partial charge in [0, 0.05) is 16.3 Å². The molecule has 0 aliphatic carbocycles. The van der Waals surface area contributed by atoms with Crippen LogP contribution in [0.5, 0.6) is 0 Å². The second kappa shape index (κ2) is 6.76. The molecule has 21 heavy (non-hydrogen) atoms. The number of benzene rings is 2. The molecule has 2 aromatic carbocycles. The summed E-state index contributed by atoms with van der Waals surface area (Å²) in [5, 5.41) is 3.07. The Morgan fingerprint density at radius 2 is 1.76 bits per heavy atom. The Morgan fingerprint density at radius 3 is 2.48 bits per heavy atom. The van der Waals surface area contributed by atoms with Gasteiger partial charge >= 0.3 is 6.03 Å². The molecule has 0 aliphatic rings. The first-order valence-corrected chi connectivity index (χ1v) is 6.62. The van der Waals surface area contributed by atoms with E-state index in [2.05, 4.69) is 16.2 Å². The van der Waals surface area contributed by atoms with E-state index in [9.17, 15) is 9.59 Å². The molecule has 0 fully saturated rings. The highest BCUT2D eigenvalue weighted by Gasteiger charge is 2.09. The lowest BCUT2D eigenvalue weighted by atomic mass is 10.1. The molecule has 0 saturated carbocycles. The Balaban J connectivity index is 1.90. The molecule has 2 aromatic rings. The molecule has 5 nitrogen and oxygen atoms in total. The van der Waals surface area contributed by atoms with E-state index in [1.807, 2.05) is 19.1 Å². The summed E-state index contributed by atoms with van der Waals surface area (Å²) in [7, 11) is 0. The summed E-state index contributed by atoms with van der Waals surface area (Å²) in [4.78, 5) is 23.6.